The molecule has 0 heterocycles. The van der Waals surface area contributed by atoms with Crippen molar-refractivity contribution < 1.29 is 22.6 Å². The van der Waals surface area contributed by atoms with Crippen molar-refractivity contribution in [3.05, 3.63) is 60.7 Å². The number of methoxy groups -OCH3 is 2. The molecule has 3 rings (SSSR count). The van der Waals surface area contributed by atoms with Gasteiger partial charge in [-0.15, -0.1) is 0 Å². The predicted octanol–water partition coefficient (Wildman–Crippen LogP) is 3.60. The normalized spacial score (nSPS) is 12.5. The third-order valence-corrected chi connectivity index (χ3v) is 5.83. The minimum absolute atomic E-state index is 0.205. The molecule has 3 aromatic rings. The fourth-order valence-corrected chi connectivity index (χ4v) is 4.02. The van der Waals surface area contributed by atoms with E-state index in [-0.39, 0.29) is 11.5 Å². The largest absolute Gasteiger partial charge is 0.497 e. The molecule has 1 N–H and O–H groups in total. The first-order valence-electron chi connectivity index (χ1n) is 8.78. The molecule has 0 bridgehead atoms. The number of fused-ring (bicyclic) bond motifs is 1. The minimum atomic E-state index is -3.66. The third-order valence-electron chi connectivity index (χ3n) is 4.24. The Balaban J connectivity index is 1.67. The van der Waals surface area contributed by atoms with Gasteiger partial charge in [0.25, 0.3) is 0 Å². The molecule has 0 fully saturated rings. The van der Waals surface area contributed by atoms with Crippen LogP contribution >= 0.6 is 0 Å². The maximum atomic E-state index is 12.7. The number of ether oxygens (including phenoxy) is 3. The summed E-state index contributed by atoms with van der Waals surface area (Å²) in [5.41, 5.74) is 0. The second-order valence-corrected chi connectivity index (χ2v) is 8.10. The van der Waals surface area contributed by atoms with Crippen molar-refractivity contribution in [2.24, 2.45) is 0 Å². The molecular weight excluding hydrogens is 378 g/mol. The zero-order chi connectivity index (χ0) is 20.1. The Kier molecular flexibility index (Phi) is 6.06. The van der Waals surface area contributed by atoms with Gasteiger partial charge in [-0.2, -0.15) is 0 Å². The van der Waals surface area contributed by atoms with Gasteiger partial charge in [0, 0.05) is 0 Å². The Morgan fingerprint density at radius 3 is 2.07 bits per heavy atom. The van der Waals surface area contributed by atoms with E-state index in [1.807, 2.05) is 12.1 Å². The number of sulfonamides is 1. The predicted molar refractivity (Wildman–Crippen MR) is 109 cm³/mol. The lowest BCUT2D eigenvalue weighted by atomic mass is 10.1. The van der Waals surface area contributed by atoms with Crippen LogP contribution < -0.4 is 18.9 Å². The SMILES string of the molecule is COc1ccc(OC[C@H](C)NS(=O)(=O)c2ccc3cc(OC)ccc3c2)cc1. The molecule has 0 saturated heterocycles. The topological polar surface area (TPSA) is 73.9 Å². The first-order chi connectivity index (χ1) is 13.4. The van der Waals surface area contributed by atoms with E-state index in [0.717, 1.165) is 22.3 Å². The summed E-state index contributed by atoms with van der Waals surface area (Å²) < 4.78 is 44.0. The van der Waals surface area contributed by atoms with Crippen molar-refractivity contribution in [3.8, 4) is 17.2 Å². The molecule has 0 radical (unpaired) electrons. The monoisotopic (exact) mass is 401 g/mol. The molecule has 3 aromatic carbocycles. The van der Waals surface area contributed by atoms with Crippen LogP contribution in [0.15, 0.2) is 65.6 Å². The van der Waals surface area contributed by atoms with Crippen LogP contribution in [0.2, 0.25) is 0 Å². The minimum Gasteiger partial charge on any atom is -0.497 e. The molecular formula is C21H23NO5S. The molecule has 0 aliphatic heterocycles. The van der Waals surface area contributed by atoms with Gasteiger partial charge >= 0.3 is 0 Å². The van der Waals surface area contributed by atoms with Crippen molar-refractivity contribution in [3.63, 3.8) is 0 Å². The zero-order valence-corrected chi connectivity index (χ0v) is 16.8. The first kappa shape index (κ1) is 20.0. The van der Waals surface area contributed by atoms with Crippen LogP contribution in [0.25, 0.3) is 10.8 Å². The summed E-state index contributed by atoms with van der Waals surface area (Å²) in [6.07, 6.45) is 0. The van der Waals surface area contributed by atoms with E-state index in [2.05, 4.69) is 4.72 Å². The van der Waals surface area contributed by atoms with E-state index in [0.29, 0.717) is 5.75 Å². The Labute approximate surface area is 165 Å². The molecule has 0 spiro atoms. The maximum Gasteiger partial charge on any atom is 0.240 e. The number of hydrogen-bond donors (Lipinski definition) is 1. The molecule has 28 heavy (non-hydrogen) atoms. The highest BCUT2D eigenvalue weighted by Gasteiger charge is 2.18. The lowest BCUT2D eigenvalue weighted by molar-refractivity contribution is 0.287. The Bertz CT molecular complexity index is 1050. The van der Waals surface area contributed by atoms with Crippen molar-refractivity contribution in [1.82, 2.24) is 4.72 Å². The van der Waals surface area contributed by atoms with Crippen LogP contribution in [0.5, 0.6) is 17.2 Å². The molecule has 6 nitrogen and oxygen atoms in total. The van der Waals surface area contributed by atoms with Gasteiger partial charge in [-0.05, 0) is 66.2 Å². The number of benzene rings is 3. The maximum absolute atomic E-state index is 12.7. The van der Waals surface area contributed by atoms with Gasteiger partial charge in [0.05, 0.1) is 25.2 Å². The van der Waals surface area contributed by atoms with Crippen molar-refractivity contribution in [2.75, 3.05) is 20.8 Å². The highest BCUT2D eigenvalue weighted by atomic mass is 32.2. The average molecular weight is 401 g/mol. The standard InChI is InChI=1S/C21H23NO5S/c1-15(14-27-19-9-7-18(25-2)8-10-19)22-28(23,24)21-11-5-16-12-20(26-3)6-4-17(16)13-21/h4-13,15,22H,14H2,1-3H3/t15-/m0/s1. The first-order valence-corrected chi connectivity index (χ1v) is 10.3. The lowest BCUT2D eigenvalue weighted by Crippen LogP contribution is -2.36. The molecule has 0 aliphatic rings. The lowest BCUT2D eigenvalue weighted by Gasteiger charge is -2.16. The molecule has 148 valence electrons. The molecule has 0 saturated carbocycles. The highest BCUT2D eigenvalue weighted by Crippen LogP contribution is 2.24. The molecule has 0 amide bonds. The Morgan fingerprint density at radius 1 is 0.821 bits per heavy atom. The summed E-state index contributed by atoms with van der Waals surface area (Å²) in [7, 11) is -0.473. The molecule has 1 atom stereocenters. The van der Waals surface area contributed by atoms with Crippen molar-refractivity contribution in [2.45, 2.75) is 17.9 Å². The van der Waals surface area contributed by atoms with E-state index in [9.17, 15) is 8.42 Å². The number of hydrogen-bond acceptors (Lipinski definition) is 5. The van der Waals surface area contributed by atoms with E-state index >= 15 is 0 Å². The highest BCUT2D eigenvalue weighted by molar-refractivity contribution is 7.89. The van der Waals surface area contributed by atoms with Gasteiger partial charge in [-0.1, -0.05) is 12.1 Å². The van der Waals surface area contributed by atoms with Gasteiger partial charge in [0.1, 0.15) is 23.9 Å². The smallest absolute Gasteiger partial charge is 0.240 e. The fourth-order valence-electron chi connectivity index (χ4n) is 2.76. The van der Waals surface area contributed by atoms with Gasteiger partial charge in [0.2, 0.25) is 10.0 Å². The van der Waals surface area contributed by atoms with Crippen molar-refractivity contribution >= 4 is 20.8 Å². The molecule has 0 aromatic heterocycles. The summed E-state index contributed by atoms with van der Waals surface area (Å²) in [5, 5.41) is 1.74. The van der Waals surface area contributed by atoms with Crippen LogP contribution in [-0.4, -0.2) is 35.3 Å². The van der Waals surface area contributed by atoms with E-state index in [1.165, 1.54) is 0 Å². The van der Waals surface area contributed by atoms with Crippen LogP contribution in [-0.2, 0) is 10.0 Å². The van der Waals surface area contributed by atoms with Crippen LogP contribution in [0.1, 0.15) is 6.92 Å². The van der Waals surface area contributed by atoms with Gasteiger partial charge < -0.3 is 14.2 Å². The van der Waals surface area contributed by atoms with Gasteiger partial charge in [-0.3, -0.25) is 0 Å². The Morgan fingerprint density at radius 2 is 1.39 bits per heavy atom. The summed E-state index contributed by atoms with van der Waals surface area (Å²) in [4.78, 5) is 0.210. The summed E-state index contributed by atoms with van der Waals surface area (Å²) in [6.45, 7) is 1.96. The van der Waals surface area contributed by atoms with Crippen molar-refractivity contribution in [1.29, 1.82) is 0 Å². The summed E-state index contributed by atoms with van der Waals surface area (Å²) >= 11 is 0. The van der Waals surface area contributed by atoms with E-state index in [4.69, 9.17) is 14.2 Å². The second kappa shape index (κ2) is 8.50. The average Bonchev–Trinajstić information content (AvgIpc) is 2.71. The molecule has 7 heteroatoms. The quantitative estimate of drug-likeness (QED) is 0.624. The van der Waals surface area contributed by atoms with Gasteiger partial charge in [-0.25, -0.2) is 13.1 Å². The zero-order valence-electron chi connectivity index (χ0n) is 16.0. The number of rotatable bonds is 8. The van der Waals surface area contributed by atoms with Gasteiger partial charge in [0.15, 0.2) is 0 Å². The van der Waals surface area contributed by atoms with E-state index < -0.39 is 16.1 Å². The summed E-state index contributed by atoms with van der Waals surface area (Å²) in [5.74, 6) is 2.10. The molecule has 0 aliphatic carbocycles. The second-order valence-electron chi connectivity index (χ2n) is 6.38. The Hall–Kier alpha value is -2.77. The third kappa shape index (κ3) is 4.74. The van der Waals surface area contributed by atoms with E-state index in [1.54, 1.807) is 69.7 Å². The summed E-state index contributed by atoms with van der Waals surface area (Å²) in [6, 6.07) is 17.2. The van der Waals surface area contributed by atoms with Crippen LogP contribution in [0.4, 0.5) is 0 Å². The fraction of sp³-hybridized carbons (Fsp3) is 0.238. The molecule has 0 unspecified atom stereocenters. The van der Waals surface area contributed by atoms with Crippen LogP contribution in [0.3, 0.4) is 0 Å². The van der Waals surface area contributed by atoms with Crippen LogP contribution in [0, 0.1) is 0 Å². The number of nitrogens with one attached hydrogen (secondary N) is 1.